The van der Waals surface area contributed by atoms with Crippen LogP contribution in [-0.4, -0.2) is 11.0 Å². The molecule has 0 aliphatic heterocycles. The third-order valence-corrected chi connectivity index (χ3v) is 1.07. The predicted octanol–water partition coefficient (Wildman–Crippen LogP) is 3.85. The van der Waals surface area contributed by atoms with Gasteiger partial charge in [0.1, 0.15) is 5.76 Å². The third-order valence-electron chi connectivity index (χ3n) is 1.07. The molecule has 0 amide bonds. The summed E-state index contributed by atoms with van der Waals surface area (Å²) in [4.78, 5) is 0. The molecule has 0 aromatic carbocycles. The van der Waals surface area contributed by atoms with E-state index in [-0.39, 0.29) is 0 Å². The Kier molecular flexibility index (Phi) is 7.09. The fourth-order valence-corrected chi connectivity index (χ4v) is 0.614. The zero-order chi connectivity index (χ0) is 11.1. The first kappa shape index (κ1) is 14.4. The summed E-state index contributed by atoms with van der Waals surface area (Å²) in [7, 11) is 0. The lowest BCUT2D eigenvalue weighted by Gasteiger charge is -2.12. The molecule has 0 aromatic heterocycles. The molecule has 0 saturated heterocycles. The Hall–Kier alpha value is -1.12. The monoisotopic (exact) mass is 190 g/mol. The van der Waals surface area contributed by atoms with Crippen LogP contribution in [0, 0.1) is 0 Å². The zero-order valence-corrected chi connectivity index (χ0v) is 8.27. The minimum Gasteiger partial charge on any atom is -0.508 e. The van der Waals surface area contributed by atoms with Crippen molar-refractivity contribution in [2.75, 3.05) is 0 Å². The summed E-state index contributed by atoms with van der Waals surface area (Å²) in [6.07, 6.45) is 2.20. The fraction of sp³-hybridized carbons (Fsp3) is 0.400. The van der Waals surface area contributed by atoms with E-state index in [9.17, 15) is 8.78 Å². The van der Waals surface area contributed by atoms with Crippen LogP contribution >= 0.6 is 0 Å². The zero-order valence-electron chi connectivity index (χ0n) is 8.27. The maximum Gasteiger partial charge on any atom is 0.274 e. The lowest BCUT2D eigenvalue weighted by Crippen LogP contribution is -2.14. The maximum atomic E-state index is 12.5. The molecule has 0 radical (unpaired) electrons. The summed E-state index contributed by atoms with van der Waals surface area (Å²) in [5.74, 6) is -3.70. The number of aliphatic hydroxyl groups is 1. The molecule has 0 aliphatic rings. The molecule has 1 N–H and O–H groups in total. The van der Waals surface area contributed by atoms with E-state index >= 15 is 0 Å². The van der Waals surface area contributed by atoms with Crippen molar-refractivity contribution in [2.24, 2.45) is 0 Å². The second kappa shape index (κ2) is 6.40. The summed E-state index contributed by atoms with van der Waals surface area (Å²) in [6, 6.07) is 0. The average molecular weight is 190 g/mol. The van der Waals surface area contributed by atoms with Gasteiger partial charge in [-0.15, -0.1) is 0 Å². The van der Waals surface area contributed by atoms with Crippen molar-refractivity contribution in [1.82, 2.24) is 0 Å². The number of allylic oxidation sites excluding steroid dienone is 3. The quantitative estimate of drug-likeness (QED) is 0.529. The van der Waals surface area contributed by atoms with Gasteiger partial charge in [0.25, 0.3) is 5.92 Å². The molecular weight excluding hydrogens is 174 g/mol. The second-order valence-electron chi connectivity index (χ2n) is 2.15. The number of aliphatic hydroxyl groups excluding tert-OH is 1. The van der Waals surface area contributed by atoms with Gasteiger partial charge in [0.15, 0.2) is 0 Å². The van der Waals surface area contributed by atoms with Gasteiger partial charge in [0.05, 0.1) is 5.57 Å². The van der Waals surface area contributed by atoms with Crippen LogP contribution in [0.2, 0.25) is 0 Å². The van der Waals surface area contributed by atoms with Crippen molar-refractivity contribution in [3.05, 3.63) is 36.6 Å². The maximum absolute atomic E-state index is 12.5. The Morgan fingerprint density at radius 1 is 1.38 bits per heavy atom. The molecule has 3 heteroatoms. The summed E-state index contributed by atoms with van der Waals surface area (Å²) >= 11 is 0. The van der Waals surface area contributed by atoms with Crippen molar-refractivity contribution in [2.45, 2.75) is 26.7 Å². The molecule has 0 aliphatic carbocycles. The Morgan fingerprint density at radius 3 is 1.85 bits per heavy atom. The number of rotatable bonds is 3. The third kappa shape index (κ3) is 6.08. The van der Waals surface area contributed by atoms with Crippen molar-refractivity contribution in [3.8, 4) is 0 Å². The van der Waals surface area contributed by atoms with E-state index in [1.807, 2.05) is 13.8 Å². The first-order valence-electron chi connectivity index (χ1n) is 3.99. The van der Waals surface area contributed by atoms with Crippen LogP contribution in [0.4, 0.5) is 8.78 Å². The van der Waals surface area contributed by atoms with Crippen molar-refractivity contribution in [1.29, 1.82) is 0 Å². The Labute approximate surface area is 78.1 Å². The van der Waals surface area contributed by atoms with E-state index in [0.717, 1.165) is 6.08 Å². The Morgan fingerprint density at radius 2 is 1.77 bits per heavy atom. The van der Waals surface area contributed by atoms with Gasteiger partial charge in [0.2, 0.25) is 0 Å². The summed E-state index contributed by atoms with van der Waals surface area (Å²) in [6.45, 7) is 10.9. The van der Waals surface area contributed by atoms with Gasteiger partial charge in [0, 0.05) is 6.92 Å². The molecule has 76 valence electrons. The van der Waals surface area contributed by atoms with E-state index < -0.39 is 17.3 Å². The second-order valence-corrected chi connectivity index (χ2v) is 2.15. The van der Waals surface area contributed by atoms with Crippen LogP contribution < -0.4 is 0 Å². The summed E-state index contributed by atoms with van der Waals surface area (Å²) < 4.78 is 25.0. The molecule has 1 nitrogen and oxygen atoms in total. The van der Waals surface area contributed by atoms with Crippen LogP contribution in [0.5, 0.6) is 0 Å². The van der Waals surface area contributed by atoms with Crippen molar-refractivity contribution >= 4 is 0 Å². The van der Waals surface area contributed by atoms with Gasteiger partial charge >= 0.3 is 0 Å². The summed E-state index contributed by atoms with van der Waals surface area (Å²) in [5, 5.41) is 8.69. The minimum atomic E-state index is -3.07. The van der Waals surface area contributed by atoms with E-state index in [1.165, 1.54) is 6.08 Å². The molecule has 0 heterocycles. The van der Waals surface area contributed by atoms with Gasteiger partial charge in [-0.2, -0.15) is 0 Å². The topological polar surface area (TPSA) is 20.2 Å². The fourth-order valence-electron chi connectivity index (χ4n) is 0.614. The highest BCUT2D eigenvalue weighted by Gasteiger charge is 2.28. The Bertz CT molecular complexity index is 199. The van der Waals surface area contributed by atoms with Crippen molar-refractivity contribution < 1.29 is 13.9 Å². The lowest BCUT2D eigenvalue weighted by atomic mass is 10.1. The predicted molar refractivity (Wildman–Crippen MR) is 52.0 cm³/mol. The molecule has 0 atom stereocenters. The van der Waals surface area contributed by atoms with Gasteiger partial charge in [-0.05, 0) is 6.08 Å². The Balaban J connectivity index is 0. The number of hydrogen-bond acceptors (Lipinski definition) is 1. The molecule has 0 spiro atoms. The average Bonchev–Trinajstić information content (AvgIpc) is 2.01. The molecule has 0 bridgehead atoms. The van der Waals surface area contributed by atoms with Crippen LogP contribution in [0.25, 0.3) is 0 Å². The molecule has 0 saturated carbocycles. The van der Waals surface area contributed by atoms with Crippen LogP contribution in [0.15, 0.2) is 36.6 Å². The van der Waals surface area contributed by atoms with Gasteiger partial charge < -0.3 is 5.11 Å². The highest BCUT2D eigenvalue weighted by atomic mass is 19.3. The molecular formula is C10H16F2O. The lowest BCUT2D eigenvalue weighted by molar-refractivity contribution is 0.0602. The van der Waals surface area contributed by atoms with Gasteiger partial charge in [-0.25, -0.2) is 8.78 Å². The smallest absolute Gasteiger partial charge is 0.274 e. The van der Waals surface area contributed by atoms with Gasteiger partial charge in [-0.3, -0.25) is 0 Å². The van der Waals surface area contributed by atoms with E-state index in [2.05, 4.69) is 13.2 Å². The van der Waals surface area contributed by atoms with Crippen LogP contribution in [-0.2, 0) is 0 Å². The van der Waals surface area contributed by atoms with Crippen LogP contribution in [0.1, 0.15) is 20.8 Å². The number of hydrogen-bond donors (Lipinski definition) is 1. The standard InChI is InChI=1S/C8H10F2O.C2H6/c1-4-5-7(6(2)11)8(3,9)10;1-2/h4-5,11H,1-2H2,3H3;1-2H3/b7-5+;. The number of halogens is 2. The highest BCUT2D eigenvalue weighted by molar-refractivity contribution is 5.31. The van der Waals surface area contributed by atoms with E-state index in [0.29, 0.717) is 6.92 Å². The number of alkyl halides is 2. The normalized spacial score (nSPS) is 11.3. The largest absolute Gasteiger partial charge is 0.508 e. The molecule has 0 unspecified atom stereocenters. The molecule has 0 fully saturated rings. The van der Waals surface area contributed by atoms with Crippen molar-refractivity contribution in [3.63, 3.8) is 0 Å². The molecule has 0 aromatic rings. The van der Waals surface area contributed by atoms with Crippen LogP contribution in [0.3, 0.4) is 0 Å². The highest BCUT2D eigenvalue weighted by Crippen LogP contribution is 2.26. The molecule has 0 rings (SSSR count). The van der Waals surface area contributed by atoms with E-state index in [1.54, 1.807) is 0 Å². The first-order valence-corrected chi connectivity index (χ1v) is 3.99. The SMILES string of the molecule is C=C/C=C(\C(=C)O)C(C)(F)F.CC. The molecule has 13 heavy (non-hydrogen) atoms. The minimum absolute atomic E-state index is 0.507. The van der Waals surface area contributed by atoms with E-state index in [4.69, 9.17) is 5.11 Å². The van der Waals surface area contributed by atoms with Gasteiger partial charge in [-0.1, -0.05) is 33.1 Å². The summed E-state index contributed by atoms with van der Waals surface area (Å²) in [5.41, 5.74) is -0.507. The first-order chi connectivity index (χ1) is 5.89.